The fourth-order valence-electron chi connectivity index (χ4n) is 3.19. The average Bonchev–Trinajstić information content (AvgIpc) is 2.61. The Labute approximate surface area is 136 Å². The number of hydrogen-bond donors (Lipinski definition) is 0. The van der Waals surface area contributed by atoms with Crippen LogP contribution in [0.2, 0.25) is 0 Å². The van der Waals surface area contributed by atoms with Crippen LogP contribution < -0.4 is 0 Å². The first-order chi connectivity index (χ1) is 11.3. The van der Waals surface area contributed by atoms with Crippen molar-refractivity contribution in [1.82, 2.24) is 0 Å². The van der Waals surface area contributed by atoms with E-state index in [1.54, 1.807) is 0 Å². The molecule has 0 bridgehead atoms. The van der Waals surface area contributed by atoms with Crippen LogP contribution in [0.4, 0.5) is 0 Å². The molecule has 0 heterocycles. The molecule has 0 saturated carbocycles. The lowest BCUT2D eigenvalue weighted by Crippen LogP contribution is -1.82. The molecule has 0 aliphatic rings. The molecule has 0 spiro atoms. The van der Waals surface area contributed by atoms with E-state index in [2.05, 4.69) is 97.9 Å². The van der Waals surface area contributed by atoms with Gasteiger partial charge in [-0.3, -0.25) is 0 Å². The van der Waals surface area contributed by atoms with E-state index in [1.807, 2.05) is 0 Å². The van der Waals surface area contributed by atoms with E-state index in [4.69, 9.17) is 0 Å². The molecule has 0 N–H and O–H groups in total. The zero-order valence-electron chi connectivity index (χ0n) is 13.2. The Morgan fingerprint density at radius 3 is 1.96 bits per heavy atom. The minimum Gasteiger partial charge on any atom is -0.0616 e. The second kappa shape index (κ2) is 5.73. The Morgan fingerprint density at radius 2 is 1.13 bits per heavy atom. The summed E-state index contributed by atoms with van der Waals surface area (Å²) >= 11 is 0. The molecule has 0 atom stereocenters. The second-order valence-electron chi connectivity index (χ2n) is 5.92. The largest absolute Gasteiger partial charge is 0.0616 e. The van der Waals surface area contributed by atoms with Gasteiger partial charge in [0.2, 0.25) is 0 Å². The van der Waals surface area contributed by atoms with Crippen molar-refractivity contribution in [2.45, 2.75) is 6.92 Å². The van der Waals surface area contributed by atoms with Crippen molar-refractivity contribution in [3.8, 4) is 0 Å². The summed E-state index contributed by atoms with van der Waals surface area (Å²) in [7, 11) is 0. The summed E-state index contributed by atoms with van der Waals surface area (Å²) in [4.78, 5) is 0. The molecule has 0 aliphatic carbocycles. The molecule has 0 aromatic heterocycles. The molecule has 4 aromatic carbocycles. The van der Waals surface area contributed by atoms with Gasteiger partial charge in [-0.15, -0.1) is 0 Å². The number of aryl methyl sites for hydroxylation is 1. The molecular weight excluding hydrogens is 276 g/mol. The predicted molar refractivity (Wildman–Crippen MR) is 102 cm³/mol. The zero-order valence-corrected chi connectivity index (χ0v) is 13.2. The van der Waals surface area contributed by atoms with Crippen molar-refractivity contribution in [2.24, 2.45) is 0 Å². The van der Waals surface area contributed by atoms with Crippen molar-refractivity contribution in [3.05, 3.63) is 95.6 Å². The summed E-state index contributed by atoms with van der Waals surface area (Å²) in [5.41, 5.74) is 3.84. The topological polar surface area (TPSA) is 0 Å². The van der Waals surface area contributed by atoms with E-state index in [0.717, 1.165) is 0 Å². The molecule has 0 amide bonds. The Balaban J connectivity index is 1.84. The third-order valence-electron chi connectivity index (χ3n) is 4.44. The fraction of sp³-hybridized carbons (Fsp3) is 0.0435. The normalized spacial score (nSPS) is 11.5. The number of fused-ring (bicyclic) bond motifs is 2. The highest BCUT2D eigenvalue weighted by Gasteiger charge is 2.01. The zero-order chi connectivity index (χ0) is 15.6. The van der Waals surface area contributed by atoms with E-state index in [1.165, 1.54) is 38.2 Å². The van der Waals surface area contributed by atoms with Crippen LogP contribution in [0, 0.1) is 6.92 Å². The summed E-state index contributed by atoms with van der Waals surface area (Å²) in [6, 6.07) is 28.0. The molecule has 0 nitrogen and oxygen atoms in total. The van der Waals surface area contributed by atoms with Gasteiger partial charge in [0, 0.05) is 0 Å². The van der Waals surface area contributed by atoms with Gasteiger partial charge < -0.3 is 0 Å². The fourth-order valence-corrected chi connectivity index (χ4v) is 3.19. The van der Waals surface area contributed by atoms with Crippen LogP contribution in [0.5, 0.6) is 0 Å². The average molecular weight is 294 g/mol. The lowest BCUT2D eigenvalue weighted by Gasteiger charge is -2.06. The first kappa shape index (κ1) is 13.8. The van der Waals surface area contributed by atoms with E-state index in [-0.39, 0.29) is 0 Å². The first-order valence-corrected chi connectivity index (χ1v) is 7.97. The van der Waals surface area contributed by atoms with Gasteiger partial charge in [-0.2, -0.15) is 0 Å². The van der Waals surface area contributed by atoms with Gasteiger partial charge in [-0.1, -0.05) is 91.0 Å². The van der Waals surface area contributed by atoms with E-state index in [9.17, 15) is 0 Å². The van der Waals surface area contributed by atoms with Crippen LogP contribution in [0.25, 0.3) is 33.7 Å². The summed E-state index contributed by atoms with van der Waals surface area (Å²) in [6.45, 7) is 2.17. The molecule has 4 aromatic rings. The van der Waals surface area contributed by atoms with Gasteiger partial charge in [0.25, 0.3) is 0 Å². The van der Waals surface area contributed by atoms with Crippen LogP contribution in [0.15, 0.2) is 78.9 Å². The van der Waals surface area contributed by atoms with Gasteiger partial charge in [0.1, 0.15) is 0 Å². The van der Waals surface area contributed by atoms with E-state index >= 15 is 0 Å². The first-order valence-electron chi connectivity index (χ1n) is 7.97. The second-order valence-corrected chi connectivity index (χ2v) is 5.92. The van der Waals surface area contributed by atoms with Gasteiger partial charge in [0.15, 0.2) is 0 Å². The molecule has 0 heteroatoms. The van der Waals surface area contributed by atoms with Crippen LogP contribution in [0.1, 0.15) is 16.7 Å². The molecule has 23 heavy (non-hydrogen) atoms. The Kier molecular flexibility index (Phi) is 3.44. The van der Waals surface area contributed by atoms with Crippen LogP contribution >= 0.6 is 0 Å². The summed E-state index contributed by atoms with van der Waals surface area (Å²) in [5, 5.41) is 5.21. The minimum atomic E-state index is 1.26. The van der Waals surface area contributed by atoms with Crippen molar-refractivity contribution < 1.29 is 0 Å². The monoisotopic (exact) mass is 294 g/mol. The highest BCUT2D eigenvalue weighted by atomic mass is 14.1. The van der Waals surface area contributed by atoms with Gasteiger partial charge >= 0.3 is 0 Å². The highest BCUT2D eigenvalue weighted by molar-refractivity contribution is 5.97. The molecule has 0 aliphatic heterocycles. The number of hydrogen-bond acceptors (Lipinski definition) is 0. The Hall–Kier alpha value is -2.86. The van der Waals surface area contributed by atoms with E-state index < -0.39 is 0 Å². The molecule has 0 saturated heterocycles. The van der Waals surface area contributed by atoms with Crippen molar-refractivity contribution >= 4 is 33.7 Å². The quantitative estimate of drug-likeness (QED) is 0.371. The van der Waals surface area contributed by atoms with Crippen LogP contribution in [-0.2, 0) is 0 Å². The summed E-state index contributed by atoms with van der Waals surface area (Å²) in [5.74, 6) is 0. The molecule has 0 radical (unpaired) electrons. The van der Waals surface area contributed by atoms with E-state index in [0.29, 0.717) is 0 Å². The van der Waals surface area contributed by atoms with Gasteiger partial charge in [-0.05, 0) is 45.2 Å². The van der Waals surface area contributed by atoms with Crippen LogP contribution in [0.3, 0.4) is 0 Å². The van der Waals surface area contributed by atoms with Crippen LogP contribution in [-0.4, -0.2) is 0 Å². The van der Waals surface area contributed by atoms with Gasteiger partial charge in [-0.25, -0.2) is 0 Å². The maximum atomic E-state index is 2.23. The summed E-state index contributed by atoms with van der Waals surface area (Å²) in [6.07, 6.45) is 4.45. The molecule has 0 unspecified atom stereocenters. The molecule has 0 fully saturated rings. The maximum Gasteiger partial charge on any atom is -0.0109 e. The Morgan fingerprint density at radius 1 is 0.522 bits per heavy atom. The Bertz CT molecular complexity index is 1020. The molecule has 110 valence electrons. The molecule has 4 rings (SSSR count). The third-order valence-corrected chi connectivity index (χ3v) is 4.44. The van der Waals surface area contributed by atoms with Gasteiger partial charge in [0.05, 0.1) is 0 Å². The summed E-state index contributed by atoms with van der Waals surface area (Å²) < 4.78 is 0. The smallest absolute Gasteiger partial charge is 0.0109 e. The van der Waals surface area contributed by atoms with Crippen molar-refractivity contribution in [2.75, 3.05) is 0 Å². The maximum absolute atomic E-state index is 2.23. The number of benzene rings is 4. The number of rotatable bonds is 2. The standard InChI is InChI=1S/C23H18/c1-17-13-14-20(23-12-5-4-10-21(17)23)16-15-19-9-6-8-18-7-2-3-11-22(18)19/h2-16H,1H3/b16-15-. The SMILES string of the molecule is Cc1ccc(/C=C\c2cccc3ccccc23)c2ccccc12. The lowest BCUT2D eigenvalue weighted by molar-refractivity contribution is 1.52. The highest BCUT2D eigenvalue weighted by Crippen LogP contribution is 2.25. The van der Waals surface area contributed by atoms with Crippen molar-refractivity contribution in [3.63, 3.8) is 0 Å². The predicted octanol–water partition coefficient (Wildman–Crippen LogP) is 6.47. The molecular formula is C23H18. The van der Waals surface area contributed by atoms with Crippen molar-refractivity contribution in [1.29, 1.82) is 0 Å². The lowest BCUT2D eigenvalue weighted by atomic mass is 9.98. The third kappa shape index (κ3) is 2.53. The minimum absolute atomic E-state index is 1.26.